The van der Waals surface area contributed by atoms with Gasteiger partial charge in [0.25, 0.3) is 0 Å². The quantitative estimate of drug-likeness (QED) is 0.630. The van der Waals surface area contributed by atoms with E-state index in [9.17, 15) is 4.79 Å². The number of nitrogens with zero attached hydrogens (tertiary/aromatic N) is 1. The fourth-order valence-corrected chi connectivity index (χ4v) is 1.36. The lowest BCUT2D eigenvalue weighted by atomic mass is 10.0. The summed E-state index contributed by atoms with van der Waals surface area (Å²) in [5.41, 5.74) is 0.982. The van der Waals surface area contributed by atoms with Crippen molar-refractivity contribution in [3.8, 4) is 0 Å². The number of rotatable bonds is 3. The fraction of sp³-hybridized carbons (Fsp3) is 0.400. The van der Waals surface area contributed by atoms with Gasteiger partial charge in [0, 0.05) is 23.7 Å². The molecule has 1 saturated carbocycles. The Morgan fingerprint density at radius 2 is 2.33 bits per heavy atom. The highest BCUT2D eigenvalue weighted by atomic mass is 16.1. The van der Waals surface area contributed by atoms with Crippen molar-refractivity contribution in [1.82, 2.24) is 4.98 Å². The van der Waals surface area contributed by atoms with E-state index < -0.39 is 0 Å². The normalized spacial score (nSPS) is 18.7. The van der Waals surface area contributed by atoms with E-state index in [-0.39, 0.29) is 5.41 Å². The Labute approximate surface area is 71.6 Å². The zero-order valence-corrected chi connectivity index (χ0v) is 6.86. The molecule has 1 aliphatic carbocycles. The maximum atomic E-state index is 10.7. The fourth-order valence-electron chi connectivity index (χ4n) is 1.36. The van der Waals surface area contributed by atoms with E-state index in [4.69, 9.17) is 0 Å². The molecule has 0 radical (unpaired) electrons. The van der Waals surface area contributed by atoms with Crippen LogP contribution in [-0.2, 0) is 11.2 Å². The van der Waals surface area contributed by atoms with Gasteiger partial charge in [-0.2, -0.15) is 0 Å². The lowest BCUT2D eigenvalue weighted by Crippen LogP contribution is -2.07. The molecule has 12 heavy (non-hydrogen) atoms. The summed E-state index contributed by atoms with van der Waals surface area (Å²) in [5.74, 6) is 0. The predicted molar refractivity (Wildman–Crippen MR) is 45.7 cm³/mol. The summed E-state index contributed by atoms with van der Waals surface area (Å²) >= 11 is 0. The van der Waals surface area contributed by atoms with Crippen LogP contribution < -0.4 is 0 Å². The smallest absolute Gasteiger partial charge is 0.126 e. The van der Waals surface area contributed by atoms with Gasteiger partial charge in [-0.1, -0.05) is 6.07 Å². The number of aldehydes is 1. The maximum Gasteiger partial charge on any atom is 0.126 e. The van der Waals surface area contributed by atoms with Crippen LogP contribution in [0.2, 0.25) is 0 Å². The molecule has 2 heteroatoms. The van der Waals surface area contributed by atoms with E-state index in [1.54, 1.807) is 6.20 Å². The summed E-state index contributed by atoms with van der Waals surface area (Å²) in [6, 6.07) is 5.83. The molecule has 0 saturated heterocycles. The maximum absolute atomic E-state index is 10.7. The predicted octanol–water partition coefficient (Wildman–Crippen LogP) is 1.60. The molecular formula is C10H11NO. The average Bonchev–Trinajstić information content (AvgIpc) is 2.88. The molecule has 1 aromatic heterocycles. The molecule has 1 fully saturated rings. The first kappa shape index (κ1) is 7.47. The highest BCUT2D eigenvalue weighted by Gasteiger charge is 2.42. The Bertz CT molecular complexity index is 277. The van der Waals surface area contributed by atoms with Crippen LogP contribution >= 0.6 is 0 Å². The summed E-state index contributed by atoms with van der Waals surface area (Å²) in [4.78, 5) is 14.9. The monoisotopic (exact) mass is 161 g/mol. The lowest BCUT2D eigenvalue weighted by Gasteiger charge is -2.04. The number of carbonyl (C=O) groups excluding carboxylic acids is 1. The van der Waals surface area contributed by atoms with Crippen molar-refractivity contribution in [2.75, 3.05) is 0 Å². The Kier molecular flexibility index (Phi) is 1.68. The van der Waals surface area contributed by atoms with Gasteiger partial charge in [-0.15, -0.1) is 0 Å². The molecule has 1 aromatic rings. The van der Waals surface area contributed by atoms with E-state index in [0.29, 0.717) is 0 Å². The molecular weight excluding hydrogens is 150 g/mol. The molecule has 0 N–H and O–H groups in total. The van der Waals surface area contributed by atoms with Crippen molar-refractivity contribution < 1.29 is 4.79 Å². The first-order chi connectivity index (χ1) is 5.85. The van der Waals surface area contributed by atoms with Crippen LogP contribution in [0.1, 0.15) is 18.5 Å². The Morgan fingerprint density at radius 1 is 1.50 bits per heavy atom. The molecule has 0 aromatic carbocycles. The van der Waals surface area contributed by atoms with Gasteiger partial charge < -0.3 is 4.79 Å². The zero-order valence-electron chi connectivity index (χ0n) is 6.86. The Balaban J connectivity index is 2.09. The van der Waals surface area contributed by atoms with Gasteiger partial charge in [-0.25, -0.2) is 0 Å². The van der Waals surface area contributed by atoms with E-state index in [1.165, 1.54) is 0 Å². The van der Waals surface area contributed by atoms with Crippen LogP contribution in [0.4, 0.5) is 0 Å². The zero-order chi connectivity index (χ0) is 8.44. The molecule has 1 aliphatic rings. The van der Waals surface area contributed by atoms with Gasteiger partial charge in [0.1, 0.15) is 6.29 Å². The molecule has 2 rings (SSSR count). The molecule has 0 atom stereocenters. The highest BCUT2D eigenvalue weighted by molar-refractivity contribution is 5.64. The second kappa shape index (κ2) is 2.70. The van der Waals surface area contributed by atoms with Crippen LogP contribution in [0.3, 0.4) is 0 Å². The lowest BCUT2D eigenvalue weighted by molar-refractivity contribution is -0.112. The summed E-state index contributed by atoms with van der Waals surface area (Å²) < 4.78 is 0. The largest absolute Gasteiger partial charge is 0.303 e. The van der Waals surface area contributed by atoms with Crippen molar-refractivity contribution in [3.63, 3.8) is 0 Å². The molecule has 0 amide bonds. The number of hydrogen-bond donors (Lipinski definition) is 0. The third kappa shape index (κ3) is 1.37. The molecule has 0 spiro atoms. The minimum absolute atomic E-state index is 0.0473. The van der Waals surface area contributed by atoms with Gasteiger partial charge in [0.15, 0.2) is 0 Å². The standard InChI is InChI=1S/C10H11NO/c12-8-10(4-5-10)7-9-3-1-2-6-11-9/h1-3,6,8H,4-5,7H2. The topological polar surface area (TPSA) is 30.0 Å². The van der Waals surface area contributed by atoms with Crippen LogP contribution in [0, 0.1) is 5.41 Å². The summed E-state index contributed by atoms with van der Waals surface area (Å²) in [6.45, 7) is 0. The summed E-state index contributed by atoms with van der Waals surface area (Å²) in [5, 5.41) is 0. The second-order valence-corrected chi connectivity index (χ2v) is 3.48. The van der Waals surface area contributed by atoms with Crippen LogP contribution in [0.5, 0.6) is 0 Å². The van der Waals surface area contributed by atoms with E-state index in [1.807, 2.05) is 18.2 Å². The van der Waals surface area contributed by atoms with E-state index in [2.05, 4.69) is 4.98 Å². The van der Waals surface area contributed by atoms with Crippen LogP contribution in [0.25, 0.3) is 0 Å². The highest BCUT2D eigenvalue weighted by Crippen LogP contribution is 2.45. The molecule has 0 bridgehead atoms. The van der Waals surface area contributed by atoms with Crippen molar-refractivity contribution >= 4 is 6.29 Å². The van der Waals surface area contributed by atoms with Gasteiger partial charge in [-0.05, 0) is 25.0 Å². The first-order valence-electron chi connectivity index (χ1n) is 4.21. The molecule has 0 aliphatic heterocycles. The van der Waals surface area contributed by atoms with Gasteiger partial charge in [-0.3, -0.25) is 4.98 Å². The molecule has 62 valence electrons. The summed E-state index contributed by atoms with van der Waals surface area (Å²) in [6.07, 6.45) is 5.75. The van der Waals surface area contributed by atoms with Crippen LogP contribution in [0.15, 0.2) is 24.4 Å². The first-order valence-corrected chi connectivity index (χ1v) is 4.21. The minimum atomic E-state index is -0.0473. The SMILES string of the molecule is O=CC1(Cc2ccccn2)CC1. The average molecular weight is 161 g/mol. The van der Waals surface area contributed by atoms with Crippen molar-refractivity contribution in [2.24, 2.45) is 5.41 Å². The number of pyridine rings is 1. The number of carbonyl (C=O) groups is 1. The third-order valence-corrected chi connectivity index (χ3v) is 2.40. The molecule has 2 nitrogen and oxygen atoms in total. The Hall–Kier alpha value is -1.18. The van der Waals surface area contributed by atoms with Crippen LogP contribution in [-0.4, -0.2) is 11.3 Å². The van der Waals surface area contributed by atoms with Gasteiger partial charge in [0.05, 0.1) is 0 Å². The number of hydrogen-bond acceptors (Lipinski definition) is 2. The van der Waals surface area contributed by atoms with Gasteiger partial charge >= 0.3 is 0 Å². The molecule has 0 unspecified atom stereocenters. The van der Waals surface area contributed by atoms with Crippen molar-refractivity contribution in [1.29, 1.82) is 0 Å². The Morgan fingerprint density at radius 3 is 2.83 bits per heavy atom. The van der Waals surface area contributed by atoms with Crippen molar-refractivity contribution in [2.45, 2.75) is 19.3 Å². The van der Waals surface area contributed by atoms with Gasteiger partial charge in [0.2, 0.25) is 0 Å². The minimum Gasteiger partial charge on any atom is -0.303 e. The van der Waals surface area contributed by atoms with E-state index in [0.717, 1.165) is 31.2 Å². The molecule has 1 heterocycles. The second-order valence-electron chi connectivity index (χ2n) is 3.48. The third-order valence-electron chi connectivity index (χ3n) is 2.40. The van der Waals surface area contributed by atoms with E-state index >= 15 is 0 Å². The summed E-state index contributed by atoms with van der Waals surface area (Å²) in [7, 11) is 0. The van der Waals surface area contributed by atoms with Crippen molar-refractivity contribution in [3.05, 3.63) is 30.1 Å². The number of aromatic nitrogens is 1.